The van der Waals surface area contributed by atoms with Crippen molar-refractivity contribution in [3.8, 4) is 5.75 Å². The molecule has 0 aliphatic rings. The van der Waals surface area contributed by atoms with Crippen LogP contribution in [0.2, 0.25) is 0 Å². The second kappa shape index (κ2) is 6.91. The van der Waals surface area contributed by atoms with Gasteiger partial charge in [-0.25, -0.2) is 0 Å². The Bertz CT molecular complexity index is 365. The number of nitrogens with zero attached hydrogens (tertiary/aromatic N) is 1. The van der Waals surface area contributed by atoms with Crippen LogP contribution in [0.5, 0.6) is 5.75 Å². The Hall–Kier alpha value is -1.55. The predicted molar refractivity (Wildman–Crippen MR) is 66.3 cm³/mol. The molecule has 1 rings (SSSR count). The van der Waals surface area contributed by atoms with Crippen LogP contribution in [0.15, 0.2) is 24.3 Å². The Morgan fingerprint density at radius 2 is 2.12 bits per heavy atom. The molecular formula is C13H19NO3. The van der Waals surface area contributed by atoms with Gasteiger partial charge >= 0.3 is 0 Å². The molecule has 0 saturated carbocycles. The molecule has 4 heteroatoms. The van der Waals surface area contributed by atoms with Gasteiger partial charge in [0.25, 0.3) is 5.91 Å². The van der Waals surface area contributed by atoms with E-state index in [1.807, 2.05) is 19.1 Å². The number of hydrogen-bond acceptors (Lipinski definition) is 3. The second-order valence-electron chi connectivity index (χ2n) is 3.73. The van der Waals surface area contributed by atoms with Crippen LogP contribution in [-0.2, 0) is 0 Å². The lowest BCUT2D eigenvalue weighted by Gasteiger charge is -2.18. The van der Waals surface area contributed by atoms with Crippen LogP contribution in [0.3, 0.4) is 0 Å². The number of amides is 1. The summed E-state index contributed by atoms with van der Waals surface area (Å²) >= 11 is 0. The largest absolute Gasteiger partial charge is 0.493 e. The summed E-state index contributed by atoms with van der Waals surface area (Å²) in [6.45, 7) is 3.04. The van der Waals surface area contributed by atoms with E-state index in [4.69, 9.17) is 9.84 Å². The van der Waals surface area contributed by atoms with Crippen molar-refractivity contribution < 1.29 is 14.6 Å². The molecule has 0 aromatic heterocycles. The van der Waals surface area contributed by atoms with Crippen LogP contribution in [0.4, 0.5) is 0 Å². The number of carbonyl (C=O) groups excluding carboxylic acids is 1. The van der Waals surface area contributed by atoms with Crippen molar-refractivity contribution in [3.63, 3.8) is 0 Å². The predicted octanol–water partition coefficient (Wildman–Crippen LogP) is 1.54. The molecule has 0 fully saturated rings. The number of para-hydroxylation sites is 1. The minimum atomic E-state index is -0.0810. The van der Waals surface area contributed by atoms with E-state index in [0.717, 1.165) is 0 Å². The average Bonchev–Trinajstić information content (AvgIpc) is 2.36. The molecule has 0 radical (unpaired) electrons. The number of benzene rings is 1. The molecule has 0 aliphatic heterocycles. The molecule has 1 aromatic carbocycles. The number of rotatable bonds is 6. The fraction of sp³-hybridized carbons (Fsp3) is 0.462. The number of aliphatic hydroxyl groups is 1. The summed E-state index contributed by atoms with van der Waals surface area (Å²) in [6.07, 6.45) is 0.582. The van der Waals surface area contributed by atoms with E-state index in [1.165, 1.54) is 0 Å². The van der Waals surface area contributed by atoms with E-state index in [2.05, 4.69) is 0 Å². The molecule has 17 heavy (non-hydrogen) atoms. The standard InChI is InChI=1S/C13H19NO3/c1-3-17-12-8-5-4-7-11(12)13(16)14(2)9-6-10-15/h4-5,7-8,15H,3,6,9-10H2,1-2H3. The molecule has 0 heterocycles. The molecule has 1 amide bonds. The highest BCUT2D eigenvalue weighted by Gasteiger charge is 2.15. The first-order valence-corrected chi connectivity index (χ1v) is 5.78. The topological polar surface area (TPSA) is 49.8 Å². The third-order valence-electron chi connectivity index (χ3n) is 2.42. The number of hydrogen-bond donors (Lipinski definition) is 1. The van der Waals surface area contributed by atoms with Gasteiger partial charge in [-0.3, -0.25) is 4.79 Å². The smallest absolute Gasteiger partial charge is 0.257 e. The summed E-state index contributed by atoms with van der Waals surface area (Å²) in [6, 6.07) is 7.20. The van der Waals surface area contributed by atoms with Gasteiger partial charge < -0.3 is 14.7 Å². The minimum Gasteiger partial charge on any atom is -0.493 e. The number of aliphatic hydroxyl groups excluding tert-OH is 1. The summed E-state index contributed by atoms with van der Waals surface area (Å²) in [5, 5.41) is 8.74. The van der Waals surface area contributed by atoms with E-state index in [-0.39, 0.29) is 12.5 Å². The lowest BCUT2D eigenvalue weighted by atomic mass is 10.1. The van der Waals surface area contributed by atoms with Gasteiger partial charge in [0, 0.05) is 20.2 Å². The van der Waals surface area contributed by atoms with Gasteiger partial charge in [-0.05, 0) is 25.5 Å². The number of ether oxygens (including phenoxy) is 1. The van der Waals surface area contributed by atoms with Crippen LogP contribution >= 0.6 is 0 Å². The van der Waals surface area contributed by atoms with Gasteiger partial charge in [-0.2, -0.15) is 0 Å². The molecule has 0 spiro atoms. The fourth-order valence-corrected chi connectivity index (χ4v) is 1.54. The van der Waals surface area contributed by atoms with Gasteiger partial charge in [0.15, 0.2) is 0 Å². The Labute approximate surface area is 102 Å². The number of carbonyl (C=O) groups is 1. The molecule has 1 N–H and O–H groups in total. The summed E-state index contributed by atoms with van der Waals surface area (Å²) in [5.74, 6) is 0.526. The first-order chi connectivity index (χ1) is 8.20. The van der Waals surface area contributed by atoms with Crippen LogP contribution in [0.1, 0.15) is 23.7 Å². The molecule has 0 saturated heterocycles. The van der Waals surface area contributed by atoms with Gasteiger partial charge in [-0.15, -0.1) is 0 Å². The van der Waals surface area contributed by atoms with Gasteiger partial charge in [-0.1, -0.05) is 12.1 Å². The molecule has 4 nitrogen and oxygen atoms in total. The normalized spacial score (nSPS) is 10.1. The first-order valence-electron chi connectivity index (χ1n) is 5.78. The Morgan fingerprint density at radius 1 is 1.41 bits per heavy atom. The third-order valence-corrected chi connectivity index (χ3v) is 2.42. The highest BCUT2D eigenvalue weighted by atomic mass is 16.5. The Balaban J connectivity index is 2.80. The van der Waals surface area contributed by atoms with Crippen LogP contribution in [0, 0.1) is 0 Å². The van der Waals surface area contributed by atoms with E-state index in [9.17, 15) is 4.79 Å². The van der Waals surface area contributed by atoms with Crippen molar-refractivity contribution in [2.24, 2.45) is 0 Å². The van der Waals surface area contributed by atoms with E-state index in [1.54, 1.807) is 24.1 Å². The van der Waals surface area contributed by atoms with Crippen molar-refractivity contribution in [2.75, 3.05) is 26.8 Å². The molecule has 0 atom stereocenters. The Morgan fingerprint density at radius 3 is 2.76 bits per heavy atom. The van der Waals surface area contributed by atoms with Crippen molar-refractivity contribution >= 4 is 5.91 Å². The summed E-state index contributed by atoms with van der Waals surface area (Å²) in [4.78, 5) is 13.7. The van der Waals surface area contributed by atoms with Gasteiger partial charge in [0.1, 0.15) is 5.75 Å². The molecule has 94 valence electrons. The van der Waals surface area contributed by atoms with Crippen LogP contribution in [-0.4, -0.2) is 42.7 Å². The van der Waals surface area contributed by atoms with Crippen LogP contribution in [0.25, 0.3) is 0 Å². The summed E-state index contributed by atoms with van der Waals surface area (Å²) in [5.41, 5.74) is 0.565. The maximum atomic E-state index is 12.1. The van der Waals surface area contributed by atoms with E-state index in [0.29, 0.717) is 30.9 Å². The first kappa shape index (κ1) is 13.5. The zero-order chi connectivity index (χ0) is 12.7. The molecule has 1 aromatic rings. The average molecular weight is 237 g/mol. The minimum absolute atomic E-state index is 0.0810. The zero-order valence-corrected chi connectivity index (χ0v) is 10.3. The highest BCUT2D eigenvalue weighted by molar-refractivity contribution is 5.96. The maximum Gasteiger partial charge on any atom is 0.257 e. The third kappa shape index (κ3) is 3.75. The monoisotopic (exact) mass is 237 g/mol. The van der Waals surface area contributed by atoms with Crippen molar-refractivity contribution in [1.82, 2.24) is 4.90 Å². The molecule has 0 bridgehead atoms. The van der Waals surface area contributed by atoms with Crippen molar-refractivity contribution in [1.29, 1.82) is 0 Å². The fourth-order valence-electron chi connectivity index (χ4n) is 1.54. The summed E-state index contributed by atoms with van der Waals surface area (Å²) < 4.78 is 5.42. The lowest BCUT2D eigenvalue weighted by Crippen LogP contribution is -2.28. The van der Waals surface area contributed by atoms with Gasteiger partial charge in [0.05, 0.1) is 12.2 Å². The SMILES string of the molecule is CCOc1ccccc1C(=O)N(C)CCCO. The van der Waals surface area contributed by atoms with E-state index >= 15 is 0 Å². The summed E-state index contributed by atoms with van der Waals surface area (Å²) in [7, 11) is 1.72. The molecular weight excluding hydrogens is 218 g/mol. The quantitative estimate of drug-likeness (QED) is 0.816. The second-order valence-corrected chi connectivity index (χ2v) is 3.73. The van der Waals surface area contributed by atoms with Crippen molar-refractivity contribution in [2.45, 2.75) is 13.3 Å². The maximum absolute atomic E-state index is 12.1. The zero-order valence-electron chi connectivity index (χ0n) is 10.3. The molecule has 0 unspecified atom stereocenters. The van der Waals surface area contributed by atoms with Gasteiger partial charge in [0.2, 0.25) is 0 Å². The van der Waals surface area contributed by atoms with E-state index < -0.39 is 0 Å². The highest BCUT2D eigenvalue weighted by Crippen LogP contribution is 2.19. The lowest BCUT2D eigenvalue weighted by molar-refractivity contribution is 0.0782. The van der Waals surface area contributed by atoms with Crippen LogP contribution < -0.4 is 4.74 Å². The van der Waals surface area contributed by atoms with Crippen molar-refractivity contribution in [3.05, 3.63) is 29.8 Å². The Kier molecular flexibility index (Phi) is 5.49. The molecule has 0 aliphatic carbocycles.